The van der Waals surface area contributed by atoms with Crippen molar-refractivity contribution in [3.8, 4) is 11.1 Å². The van der Waals surface area contributed by atoms with Crippen LogP contribution >= 0.6 is 0 Å². The lowest BCUT2D eigenvalue weighted by molar-refractivity contribution is 0.0690. The lowest BCUT2D eigenvalue weighted by atomic mass is 10.1. The Morgan fingerprint density at radius 2 is 2.11 bits per heavy atom. The normalized spacial score (nSPS) is 10.9. The fourth-order valence-corrected chi connectivity index (χ4v) is 1.73. The Morgan fingerprint density at radius 3 is 2.67 bits per heavy atom. The summed E-state index contributed by atoms with van der Waals surface area (Å²) >= 11 is 0. The van der Waals surface area contributed by atoms with Crippen LogP contribution in [0, 0.1) is 6.92 Å². The third-order valence-electron chi connectivity index (χ3n) is 2.65. The van der Waals surface area contributed by atoms with Crippen molar-refractivity contribution >= 4 is 5.97 Å². The van der Waals surface area contributed by atoms with Crippen LogP contribution in [0.5, 0.6) is 0 Å². The van der Waals surface area contributed by atoms with Gasteiger partial charge in [-0.3, -0.25) is 9.67 Å². The van der Waals surface area contributed by atoms with Gasteiger partial charge in [0.15, 0.2) is 5.69 Å². The molecule has 0 aliphatic heterocycles. The second-order valence-electron chi connectivity index (χ2n) is 4.52. The lowest BCUT2D eigenvalue weighted by Gasteiger charge is -2.03. The molecule has 18 heavy (non-hydrogen) atoms. The van der Waals surface area contributed by atoms with Crippen molar-refractivity contribution in [3.63, 3.8) is 0 Å². The third-order valence-corrected chi connectivity index (χ3v) is 2.65. The third kappa shape index (κ3) is 2.25. The first-order valence-electron chi connectivity index (χ1n) is 5.73. The summed E-state index contributed by atoms with van der Waals surface area (Å²) in [4.78, 5) is 15.3. The van der Waals surface area contributed by atoms with Gasteiger partial charge in [-0.1, -0.05) is 0 Å². The van der Waals surface area contributed by atoms with E-state index in [-0.39, 0.29) is 11.7 Å². The second kappa shape index (κ2) is 4.60. The van der Waals surface area contributed by atoms with Crippen LogP contribution in [-0.2, 0) is 0 Å². The largest absolute Gasteiger partial charge is 0.476 e. The molecule has 0 saturated carbocycles. The molecule has 5 heteroatoms. The van der Waals surface area contributed by atoms with Gasteiger partial charge >= 0.3 is 5.97 Å². The second-order valence-corrected chi connectivity index (χ2v) is 4.52. The Bertz CT molecular complexity index is 588. The van der Waals surface area contributed by atoms with E-state index in [0.717, 1.165) is 11.1 Å². The summed E-state index contributed by atoms with van der Waals surface area (Å²) in [5.74, 6) is -1.02. The van der Waals surface area contributed by atoms with E-state index in [2.05, 4.69) is 10.1 Å². The predicted octanol–water partition coefficient (Wildman–Crippen LogP) is 2.53. The van der Waals surface area contributed by atoms with Gasteiger partial charge in [-0.15, -0.1) is 0 Å². The molecule has 0 unspecified atom stereocenters. The van der Waals surface area contributed by atoms with Gasteiger partial charge in [0.05, 0.1) is 0 Å². The molecule has 0 aliphatic carbocycles. The van der Waals surface area contributed by atoms with Crippen LogP contribution in [-0.4, -0.2) is 25.8 Å². The van der Waals surface area contributed by atoms with Gasteiger partial charge in [-0.25, -0.2) is 4.79 Å². The highest BCUT2D eigenvalue weighted by molar-refractivity contribution is 5.93. The number of rotatable bonds is 3. The summed E-state index contributed by atoms with van der Waals surface area (Å²) < 4.78 is 1.65. The summed E-state index contributed by atoms with van der Waals surface area (Å²) in [5, 5.41) is 13.3. The Balaban J connectivity index is 2.58. The zero-order valence-corrected chi connectivity index (χ0v) is 10.6. The van der Waals surface area contributed by atoms with E-state index >= 15 is 0 Å². The molecule has 0 atom stereocenters. The molecule has 0 fully saturated rings. The van der Waals surface area contributed by atoms with E-state index in [0.29, 0.717) is 5.56 Å². The smallest absolute Gasteiger partial charge is 0.357 e. The molecule has 2 rings (SSSR count). The minimum absolute atomic E-state index is 0.0658. The monoisotopic (exact) mass is 245 g/mol. The minimum atomic E-state index is -1.02. The molecule has 0 radical (unpaired) electrons. The van der Waals surface area contributed by atoms with Crippen LogP contribution in [0.3, 0.4) is 0 Å². The zero-order valence-electron chi connectivity index (χ0n) is 10.6. The SMILES string of the molecule is Cc1cncc(-c2cn(C(C)C)nc2C(=O)O)c1. The van der Waals surface area contributed by atoms with Crippen molar-refractivity contribution in [3.05, 3.63) is 35.9 Å². The molecular weight excluding hydrogens is 230 g/mol. The molecule has 0 amide bonds. The number of carbonyl (C=O) groups is 1. The van der Waals surface area contributed by atoms with Crippen molar-refractivity contribution in [2.75, 3.05) is 0 Å². The first-order valence-corrected chi connectivity index (χ1v) is 5.73. The van der Waals surface area contributed by atoms with Crippen molar-refractivity contribution < 1.29 is 9.90 Å². The molecule has 0 aliphatic rings. The van der Waals surface area contributed by atoms with E-state index in [1.165, 1.54) is 0 Å². The maximum absolute atomic E-state index is 11.2. The number of carboxylic acid groups (broad SMARTS) is 1. The van der Waals surface area contributed by atoms with Gasteiger partial charge in [0.1, 0.15) is 0 Å². The van der Waals surface area contributed by atoms with Crippen LogP contribution in [0.25, 0.3) is 11.1 Å². The van der Waals surface area contributed by atoms with Crippen LogP contribution in [0.4, 0.5) is 0 Å². The molecule has 2 aromatic rings. The number of aromatic carboxylic acids is 1. The van der Waals surface area contributed by atoms with Crippen molar-refractivity contribution in [1.29, 1.82) is 0 Å². The minimum Gasteiger partial charge on any atom is -0.476 e. The van der Waals surface area contributed by atoms with E-state index in [1.54, 1.807) is 23.3 Å². The summed E-state index contributed by atoms with van der Waals surface area (Å²) in [6.45, 7) is 5.83. The van der Waals surface area contributed by atoms with E-state index in [1.807, 2.05) is 26.8 Å². The molecule has 2 aromatic heterocycles. The van der Waals surface area contributed by atoms with E-state index < -0.39 is 5.97 Å². The Morgan fingerprint density at radius 1 is 1.39 bits per heavy atom. The average molecular weight is 245 g/mol. The summed E-state index contributed by atoms with van der Waals surface area (Å²) in [5.41, 5.74) is 2.43. The Labute approximate surface area is 105 Å². The van der Waals surface area contributed by atoms with E-state index in [4.69, 9.17) is 0 Å². The summed E-state index contributed by atoms with van der Waals surface area (Å²) in [6.07, 6.45) is 5.14. The van der Waals surface area contributed by atoms with Crippen molar-refractivity contribution in [2.45, 2.75) is 26.8 Å². The molecule has 0 aromatic carbocycles. The van der Waals surface area contributed by atoms with Gasteiger partial charge in [0.2, 0.25) is 0 Å². The average Bonchev–Trinajstić information content (AvgIpc) is 2.73. The quantitative estimate of drug-likeness (QED) is 0.902. The van der Waals surface area contributed by atoms with E-state index in [9.17, 15) is 9.90 Å². The highest BCUT2D eigenvalue weighted by Gasteiger charge is 2.18. The predicted molar refractivity (Wildman–Crippen MR) is 67.5 cm³/mol. The van der Waals surface area contributed by atoms with Crippen LogP contribution in [0.15, 0.2) is 24.7 Å². The maximum Gasteiger partial charge on any atom is 0.357 e. The molecular formula is C13H15N3O2. The van der Waals surface area contributed by atoms with Gasteiger partial charge < -0.3 is 5.11 Å². The standard InChI is InChI=1S/C13H15N3O2/c1-8(2)16-7-11(12(15-16)13(17)18)10-4-9(3)5-14-6-10/h4-8H,1-3H3,(H,17,18). The maximum atomic E-state index is 11.2. The van der Waals surface area contributed by atoms with Crippen LogP contribution in [0.1, 0.15) is 35.9 Å². The first kappa shape index (κ1) is 12.3. The van der Waals surface area contributed by atoms with Crippen LogP contribution in [0.2, 0.25) is 0 Å². The van der Waals surface area contributed by atoms with Gasteiger partial charge in [-0.05, 0) is 32.4 Å². The number of hydrogen-bond donors (Lipinski definition) is 1. The lowest BCUT2D eigenvalue weighted by Crippen LogP contribution is -2.04. The first-order chi connectivity index (χ1) is 8.49. The summed E-state index contributed by atoms with van der Waals surface area (Å²) in [7, 11) is 0. The molecule has 0 saturated heterocycles. The van der Waals surface area contributed by atoms with Crippen molar-refractivity contribution in [2.24, 2.45) is 0 Å². The fraction of sp³-hybridized carbons (Fsp3) is 0.308. The number of nitrogens with zero attached hydrogens (tertiary/aromatic N) is 3. The molecule has 2 heterocycles. The molecule has 5 nitrogen and oxygen atoms in total. The van der Waals surface area contributed by atoms with Gasteiger partial charge in [0.25, 0.3) is 0 Å². The Kier molecular flexibility index (Phi) is 3.14. The number of aryl methyl sites for hydroxylation is 1. The zero-order chi connectivity index (χ0) is 13.3. The van der Waals surface area contributed by atoms with Gasteiger partial charge in [0, 0.05) is 35.8 Å². The molecule has 0 bridgehead atoms. The topological polar surface area (TPSA) is 68.0 Å². The highest BCUT2D eigenvalue weighted by atomic mass is 16.4. The number of carboxylic acids is 1. The molecule has 0 spiro atoms. The highest BCUT2D eigenvalue weighted by Crippen LogP contribution is 2.24. The van der Waals surface area contributed by atoms with Crippen molar-refractivity contribution in [1.82, 2.24) is 14.8 Å². The number of hydrogen-bond acceptors (Lipinski definition) is 3. The number of aromatic nitrogens is 3. The molecule has 94 valence electrons. The summed E-state index contributed by atoms with van der Waals surface area (Å²) in [6, 6.07) is 2.02. The van der Waals surface area contributed by atoms with Gasteiger partial charge in [-0.2, -0.15) is 5.10 Å². The Hall–Kier alpha value is -2.17. The fourth-order valence-electron chi connectivity index (χ4n) is 1.73. The molecule has 1 N–H and O–H groups in total. The van der Waals surface area contributed by atoms with Crippen LogP contribution < -0.4 is 0 Å². The number of pyridine rings is 1.